The Hall–Kier alpha value is -1.28. The van der Waals surface area contributed by atoms with E-state index in [9.17, 15) is 5.11 Å². The summed E-state index contributed by atoms with van der Waals surface area (Å²) in [6, 6.07) is 4.26. The monoisotopic (exact) mass is 300 g/mol. The smallest absolute Gasteiger partial charge is 0.119 e. The highest BCUT2D eigenvalue weighted by Gasteiger charge is 2.42. The van der Waals surface area contributed by atoms with Gasteiger partial charge >= 0.3 is 0 Å². The molecule has 1 aromatic carbocycles. The van der Waals surface area contributed by atoms with E-state index in [0.717, 1.165) is 24.2 Å². The minimum Gasteiger partial charge on any atom is -0.497 e. The first kappa shape index (κ1) is 15.6. The Kier molecular flexibility index (Phi) is 3.84. The first-order chi connectivity index (χ1) is 10.3. The van der Waals surface area contributed by atoms with Gasteiger partial charge in [-0.25, -0.2) is 0 Å². The fourth-order valence-electron chi connectivity index (χ4n) is 4.47. The first-order valence-corrected chi connectivity index (χ1v) is 8.43. The molecule has 0 radical (unpaired) electrons. The Balaban J connectivity index is 2.25. The second-order valence-electron chi connectivity index (χ2n) is 7.66. The lowest BCUT2D eigenvalue weighted by Gasteiger charge is -2.44. The number of hydrogen-bond donors (Lipinski definition) is 1. The summed E-state index contributed by atoms with van der Waals surface area (Å²) in [5.41, 5.74) is 4.49. The highest BCUT2D eigenvalue weighted by molar-refractivity contribution is 5.52. The molecule has 0 aromatic heterocycles. The summed E-state index contributed by atoms with van der Waals surface area (Å²) < 4.78 is 5.52. The van der Waals surface area contributed by atoms with Crippen LogP contribution in [0.3, 0.4) is 0 Å². The van der Waals surface area contributed by atoms with Crippen LogP contribution >= 0.6 is 0 Å². The Morgan fingerprint density at radius 2 is 2.09 bits per heavy atom. The van der Waals surface area contributed by atoms with Crippen molar-refractivity contribution in [1.29, 1.82) is 0 Å². The summed E-state index contributed by atoms with van der Waals surface area (Å²) in [6.07, 6.45) is 5.50. The van der Waals surface area contributed by atoms with Crippen molar-refractivity contribution < 1.29 is 9.84 Å². The zero-order valence-corrected chi connectivity index (χ0v) is 14.4. The first-order valence-electron chi connectivity index (χ1n) is 8.43. The lowest BCUT2D eigenvalue weighted by Crippen LogP contribution is -2.35. The molecule has 3 rings (SSSR count). The summed E-state index contributed by atoms with van der Waals surface area (Å²) in [5.74, 6) is 2.56. The van der Waals surface area contributed by atoms with Crippen LogP contribution in [0.25, 0.3) is 0 Å². The van der Waals surface area contributed by atoms with Gasteiger partial charge in [0.25, 0.3) is 0 Å². The van der Waals surface area contributed by atoms with Crippen molar-refractivity contribution in [3.05, 3.63) is 40.5 Å². The zero-order valence-electron chi connectivity index (χ0n) is 14.4. The maximum absolute atomic E-state index is 10.9. The molecule has 2 nitrogen and oxygen atoms in total. The van der Waals surface area contributed by atoms with Crippen LogP contribution in [0, 0.1) is 5.92 Å². The Bertz CT molecular complexity index is 608. The molecule has 0 heterocycles. The van der Waals surface area contributed by atoms with Gasteiger partial charge < -0.3 is 9.84 Å². The number of methoxy groups -OCH3 is 1. The topological polar surface area (TPSA) is 29.5 Å². The minimum absolute atomic E-state index is 0.439. The summed E-state index contributed by atoms with van der Waals surface area (Å²) in [6.45, 7) is 8.65. The molecule has 0 saturated heterocycles. The quantitative estimate of drug-likeness (QED) is 0.790. The Morgan fingerprint density at radius 1 is 1.36 bits per heavy atom. The third-order valence-corrected chi connectivity index (χ3v) is 5.56. The predicted octanol–water partition coefficient (Wildman–Crippen LogP) is 4.87. The van der Waals surface area contributed by atoms with Gasteiger partial charge in [-0.15, -0.1) is 0 Å². The molecular formula is C20H28O2. The fraction of sp³-hybridized carbons (Fsp3) is 0.600. The largest absolute Gasteiger partial charge is 0.497 e. The lowest BCUT2D eigenvalue weighted by molar-refractivity contribution is 0.0293. The van der Waals surface area contributed by atoms with Crippen LogP contribution in [0.2, 0.25) is 0 Å². The van der Waals surface area contributed by atoms with Crippen molar-refractivity contribution in [2.75, 3.05) is 7.11 Å². The predicted molar refractivity (Wildman–Crippen MR) is 90.5 cm³/mol. The molecule has 0 spiro atoms. The number of allylic oxidation sites excluding steroid dienone is 2. The van der Waals surface area contributed by atoms with Crippen molar-refractivity contribution in [3.8, 4) is 5.75 Å². The Morgan fingerprint density at radius 3 is 2.73 bits per heavy atom. The van der Waals surface area contributed by atoms with E-state index >= 15 is 0 Å². The van der Waals surface area contributed by atoms with Crippen molar-refractivity contribution in [2.24, 2.45) is 5.92 Å². The average Bonchev–Trinajstić information content (AvgIpc) is 2.44. The average molecular weight is 300 g/mol. The van der Waals surface area contributed by atoms with Gasteiger partial charge in [-0.05, 0) is 80.7 Å². The standard InChI is InChI=1S/C20H28O2/c1-12(2)8-14-9-13(3)16-6-7-20(4,21)18-11-15(22-5)10-17(14)19(16)18/h8,10-11,13-14,16,21H,6-7,9H2,1-5H3/t13-,14-,16+,20-/m0/s1. The number of rotatable bonds is 2. The molecule has 0 unspecified atom stereocenters. The third kappa shape index (κ3) is 2.48. The van der Waals surface area contributed by atoms with Crippen LogP contribution in [0.1, 0.15) is 75.5 Å². The molecule has 0 amide bonds. The van der Waals surface area contributed by atoms with E-state index < -0.39 is 5.60 Å². The van der Waals surface area contributed by atoms with Crippen molar-refractivity contribution >= 4 is 0 Å². The van der Waals surface area contributed by atoms with Gasteiger partial charge in [0.05, 0.1) is 12.7 Å². The number of aliphatic hydroxyl groups is 1. The van der Waals surface area contributed by atoms with Crippen LogP contribution in [0.5, 0.6) is 5.75 Å². The molecule has 0 aliphatic heterocycles. The van der Waals surface area contributed by atoms with E-state index in [1.54, 1.807) is 7.11 Å². The fourth-order valence-corrected chi connectivity index (χ4v) is 4.47. The van der Waals surface area contributed by atoms with Gasteiger partial charge in [-0.1, -0.05) is 18.6 Å². The van der Waals surface area contributed by atoms with E-state index in [1.807, 2.05) is 6.92 Å². The molecule has 2 aliphatic carbocycles. The minimum atomic E-state index is -0.734. The molecule has 2 aliphatic rings. The second kappa shape index (κ2) is 5.42. The second-order valence-corrected chi connectivity index (χ2v) is 7.66. The van der Waals surface area contributed by atoms with E-state index in [0.29, 0.717) is 17.8 Å². The highest BCUT2D eigenvalue weighted by Crippen LogP contribution is 2.54. The number of hydrogen-bond acceptors (Lipinski definition) is 2. The van der Waals surface area contributed by atoms with Gasteiger partial charge in [0.15, 0.2) is 0 Å². The summed E-state index contributed by atoms with van der Waals surface area (Å²) in [5, 5.41) is 10.9. The van der Waals surface area contributed by atoms with Gasteiger partial charge in [0, 0.05) is 5.92 Å². The molecule has 120 valence electrons. The van der Waals surface area contributed by atoms with E-state index in [2.05, 4.69) is 39.0 Å². The van der Waals surface area contributed by atoms with Crippen LogP contribution in [-0.2, 0) is 5.60 Å². The van der Waals surface area contributed by atoms with Crippen LogP contribution < -0.4 is 4.74 Å². The zero-order chi connectivity index (χ0) is 16.1. The van der Waals surface area contributed by atoms with Crippen molar-refractivity contribution in [1.82, 2.24) is 0 Å². The summed E-state index contributed by atoms with van der Waals surface area (Å²) in [7, 11) is 1.71. The molecule has 2 heteroatoms. The van der Waals surface area contributed by atoms with Crippen LogP contribution in [0.15, 0.2) is 23.8 Å². The van der Waals surface area contributed by atoms with Gasteiger partial charge in [0.2, 0.25) is 0 Å². The molecule has 0 fully saturated rings. The van der Waals surface area contributed by atoms with E-state index in [4.69, 9.17) is 4.74 Å². The number of ether oxygens (including phenoxy) is 1. The van der Waals surface area contributed by atoms with Gasteiger partial charge in [0.1, 0.15) is 5.75 Å². The maximum atomic E-state index is 10.9. The van der Waals surface area contributed by atoms with E-state index in [1.165, 1.54) is 23.1 Å². The molecular weight excluding hydrogens is 272 g/mol. The molecule has 22 heavy (non-hydrogen) atoms. The third-order valence-electron chi connectivity index (χ3n) is 5.56. The summed E-state index contributed by atoms with van der Waals surface area (Å²) >= 11 is 0. The number of benzene rings is 1. The molecule has 0 saturated carbocycles. The van der Waals surface area contributed by atoms with Crippen molar-refractivity contribution in [3.63, 3.8) is 0 Å². The SMILES string of the molecule is COc1cc2c3c(c1)[C@@](C)(O)CC[C@@H]3[C@@H](C)C[C@@H]2C=C(C)C. The highest BCUT2D eigenvalue weighted by atomic mass is 16.5. The van der Waals surface area contributed by atoms with Crippen molar-refractivity contribution in [2.45, 2.75) is 64.4 Å². The normalized spacial score (nSPS) is 33.1. The van der Waals surface area contributed by atoms with E-state index in [-0.39, 0.29) is 0 Å². The molecule has 4 atom stereocenters. The summed E-state index contributed by atoms with van der Waals surface area (Å²) in [4.78, 5) is 0. The maximum Gasteiger partial charge on any atom is 0.119 e. The molecule has 0 bridgehead atoms. The van der Waals surface area contributed by atoms with Gasteiger partial charge in [-0.2, -0.15) is 0 Å². The van der Waals surface area contributed by atoms with Crippen LogP contribution in [-0.4, -0.2) is 12.2 Å². The van der Waals surface area contributed by atoms with Gasteiger partial charge in [-0.3, -0.25) is 0 Å². The molecule has 1 aromatic rings. The molecule has 1 N–H and O–H groups in total. The Labute approximate surface area is 134 Å². The van der Waals surface area contributed by atoms with Crippen LogP contribution in [0.4, 0.5) is 0 Å². The lowest BCUT2D eigenvalue weighted by atomic mass is 9.62.